The fourth-order valence-electron chi connectivity index (χ4n) is 4.48. The number of rotatable bonds is 18. The fraction of sp³-hybridized carbons (Fsp3) is 0.471. The van der Waals surface area contributed by atoms with Gasteiger partial charge in [0.25, 0.3) is 0 Å². The van der Waals surface area contributed by atoms with Crippen molar-refractivity contribution in [1.29, 1.82) is 0 Å². The van der Waals surface area contributed by atoms with Crippen LogP contribution in [0.15, 0.2) is 60.7 Å². The molecule has 222 valence electrons. The van der Waals surface area contributed by atoms with Crippen molar-refractivity contribution in [2.75, 3.05) is 13.2 Å². The number of hydrogen-bond acceptors (Lipinski definition) is 7. The minimum absolute atomic E-state index is 0.185. The Bertz CT molecular complexity index is 1190. The lowest BCUT2D eigenvalue weighted by Gasteiger charge is -2.16. The topological polar surface area (TPSA) is 80.3 Å². The third kappa shape index (κ3) is 11.3. The van der Waals surface area contributed by atoms with E-state index in [1.165, 1.54) is 44.6 Å². The van der Waals surface area contributed by atoms with Crippen LogP contribution in [0.25, 0.3) is 10.8 Å². The summed E-state index contributed by atoms with van der Waals surface area (Å²) in [5.74, 6) is 1.17. The molecule has 0 aromatic heterocycles. The summed E-state index contributed by atoms with van der Waals surface area (Å²) in [5, 5.41) is 1.11. The van der Waals surface area contributed by atoms with E-state index in [1.807, 2.05) is 30.3 Å². The lowest BCUT2D eigenvalue weighted by Crippen LogP contribution is -2.14. The van der Waals surface area contributed by atoms with Crippen LogP contribution in [-0.4, -0.2) is 25.5 Å². The zero-order chi connectivity index (χ0) is 29.1. The van der Waals surface area contributed by atoms with Gasteiger partial charge in [-0.1, -0.05) is 121 Å². The molecule has 0 aliphatic heterocycles. The van der Waals surface area contributed by atoms with Crippen molar-refractivity contribution < 1.29 is 33.3 Å². The van der Waals surface area contributed by atoms with Crippen molar-refractivity contribution in [3.8, 4) is 23.0 Å². The monoisotopic (exact) mass is 564 g/mol. The highest BCUT2D eigenvalue weighted by Crippen LogP contribution is 2.43. The zero-order valence-electron chi connectivity index (χ0n) is 24.5. The van der Waals surface area contributed by atoms with Crippen LogP contribution in [0.4, 0.5) is 9.59 Å². The van der Waals surface area contributed by atoms with Crippen molar-refractivity contribution in [2.24, 2.45) is 0 Å². The Morgan fingerprint density at radius 3 is 1.68 bits per heavy atom. The Morgan fingerprint density at radius 1 is 0.561 bits per heavy atom. The molecule has 0 aliphatic rings. The molecular formula is C34H44O7. The fourth-order valence-corrected chi connectivity index (χ4v) is 4.48. The molecule has 0 radical (unpaired) electrons. The van der Waals surface area contributed by atoms with Gasteiger partial charge < -0.3 is 23.7 Å². The van der Waals surface area contributed by atoms with Gasteiger partial charge in [0.1, 0.15) is 11.5 Å². The van der Waals surface area contributed by atoms with E-state index in [2.05, 4.69) is 13.8 Å². The standard InChI is InChI=1S/C34H44O7/c1-3-5-7-9-11-18-24-37-33(35)40-30-26-31(39-27-20-14-13-15-21-27)32(29-23-17-16-22-28(29)30)41-34(36)38-25-19-12-10-8-6-4-2/h13-17,20-23,26H,3-12,18-19,24-25H2,1-2H3. The zero-order valence-corrected chi connectivity index (χ0v) is 24.5. The number of carbonyl (C=O) groups is 2. The summed E-state index contributed by atoms with van der Waals surface area (Å²) in [6.45, 7) is 4.94. The first-order valence-electron chi connectivity index (χ1n) is 15.1. The van der Waals surface area contributed by atoms with Crippen LogP contribution in [0.1, 0.15) is 90.9 Å². The van der Waals surface area contributed by atoms with E-state index in [1.54, 1.807) is 24.3 Å². The van der Waals surface area contributed by atoms with Gasteiger partial charge in [-0.25, -0.2) is 9.59 Å². The molecule has 0 fully saturated rings. The Morgan fingerprint density at radius 2 is 1.07 bits per heavy atom. The molecular weight excluding hydrogens is 520 g/mol. The van der Waals surface area contributed by atoms with Crippen molar-refractivity contribution in [3.05, 3.63) is 60.7 Å². The van der Waals surface area contributed by atoms with E-state index in [0.29, 0.717) is 23.1 Å². The quantitative estimate of drug-likeness (QED) is 0.0863. The Kier molecular flexibility index (Phi) is 14.4. The minimum Gasteiger partial charge on any atom is -0.453 e. The molecule has 0 amide bonds. The maximum atomic E-state index is 12.7. The molecule has 0 bridgehead atoms. The first-order chi connectivity index (χ1) is 20.1. The largest absolute Gasteiger partial charge is 0.513 e. The van der Waals surface area contributed by atoms with E-state index in [0.717, 1.165) is 38.5 Å². The summed E-state index contributed by atoms with van der Waals surface area (Å²) < 4.78 is 28.1. The van der Waals surface area contributed by atoms with Gasteiger partial charge in [0.15, 0.2) is 11.5 Å². The number of ether oxygens (including phenoxy) is 5. The van der Waals surface area contributed by atoms with Crippen molar-refractivity contribution in [2.45, 2.75) is 90.9 Å². The number of fused-ring (bicyclic) bond motifs is 1. The lowest BCUT2D eigenvalue weighted by molar-refractivity contribution is 0.0951. The second-order valence-corrected chi connectivity index (χ2v) is 10.1. The normalized spacial score (nSPS) is 10.8. The third-order valence-electron chi connectivity index (χ3n) is 6.71. The van der Waals surface area contributed by atoms with E-state index >= 15 is 0 Å². The Hall–Kier alpha value is -3.74. The molecule has 7 heteroatoms. The minimum atomic E-state index is -0.811. The molecule has 0 saturated carbocycles. The molecule has 0 atom stereocenters. The van der Waals surface area contributed by atoms with Crippen molar-refractivity contribution in [1.82, 2.24) is 0 Å². The van der Waals surface area contributed by atoms with Gasteiger partial charge in [-0.15, -0.1) is 0 Å². The van der Waals surface area contributed by atoms with Gasteiger partial charge in [-0.2, -0.15) is 0 Å². The molecule has 0 unspecified atom stereocenters. The first-order valence-corrected chi connectivity index (χ1v) is 15.1. The predicted molar refractivity (Wildman–Crippen MR) is 161 cm³/mol. The second kappa shape index (κ2) is 18.6. The van der Waals surface area contributed by atoms with Crippen LogP contribution in [0.5, 0.6) is 23.0 Å². The number of carbonyl (C=O) groups excluding carboxylic acids is 2. The number of para-hydroxylation sites is 1. The van der Waals surface area contributed by atoms with Crippen molar-refractivity contribution in [3.63, 3.8) is 0 Å². The summed E-state index contributed by atoms with van der Waals surface area (Å²) >= 11 is 0. The van der Waals surface area contributed by atoms with E-state index in [9.17, 15) is 9.59 Å². The molecule has 3 aromatic carbocycles. The van der Waals surface area contributed by atoms with Crippen LogP contribution in [0.3, 0.4) is 0 Å². The maximum Gasteiger partial charge on any atom is 0.513 e. The summed E-state index contributed by atoms with van der Waals surface area (Å²) in [6, 6.07) is 17.8. The van der Waals surface area contributed by atoms with E-state index in [4.69, 9.17) is 23.7 Å². The first kappa shape index (κ1) is 31.8. The molecule has 41 heavy (non-hydrogen) atoms. The smallest absolute Gasteiger partial charge is 0.453 e. The molecule has 0 N–H and O–H groups in total. The molecule has 3 rings (SSSR count). The van der Waals surface area contributed by atoms with Crippen LogP contribution < -0.4 is 14.2 Å². The average Bonchev–Trinajstić information content (AvgIpc) is 2.98. The van der Waals surface area contributed by atoms with Gasteiger partial charge in [-0.05, 0) is 25.0 Å². The third-order valence-corrected chi connectivity index (χ3v) is 6.71. The second-order valence-electron chi connectivity index (χ2n) is 10.1. The van der Waals surface area contributed by atoms with Crippen LogP contribution in [0, 0.1) is 0 Å². The number of unbranched alkanes of at least 4 members (excludes halogenated alkanes) is 10. The molecule has 0 heterocycles. The van der Waals surface area contributed by atoms with Gasteiger partial charge in [0.05, 0.1) is 13.2 Å². The number of benzene rings is 3. The van der Waals surface area contributed by atoms with Gasteiger partial charge in [0, 0.05) is 16.8 Å². The molecule has 0 aliphatic carbocycles. The lowest BCUT2D eigenvalue weighted by atomic mass is 10.1. The summed E-state index contributed by atoms with van der Waals surface area (Å²) in [5.41, 5.74) is 0. The summed E-state index contributed by atoms with van der Waals surface area (Å²) in [7, 11) is 0. The highest BCUT2D eigenvalue weighted by Gasteiger charge is 2.21. The summed E-state index contributed by atoms with van der Waals surface area (Å²) in [6.07, 6.45) is 11.4. The number of hydrogen-bond donors (Lipinski definition) is 0. The predicted octanol–water partition coefficient (Wildman–Crippen LogP) is 10.4. The molecule has 0 spiro atoms. The summed E-state index contributed by atoms with van der Waals surface area (Å²) in [4.78, 5) is 25.2. The van der Waals surface area contributed by atoms with Crippen LogP contribution >= 0.6 is 0 Å². The van der Waals surface area contributed by atoms with Gasteiger partial charge in [-0.3, -0.25) is 0 Å². The Balaban J connectivity index is 1.72. The Labute approximate surface area is 244 Å². The van der Waals surface area contributed by atoms with Gasteiger partial charge in [0.2, 0.25) is 0 Å². The molecule has 3 aromatic rings. The SMILES string of the molecule is CCCCCCCCOC(=O)Oc1cc(Oc2ccccc2)c(OC(=O)OCCCCCCCC)c2ccccc12. The highest BCUT2D eigenvalue weighted by molar-refractivity contribution is 5.97. The van der Waals surface area contributed by atoms with E-state index in [-0.39, 0.29) is 23.9 Å². The van der Waals surface area contributed by atoms with Crippen LogP contribution in [0.2, 0.25) is 0 Å². The maximum absolute atomic E-state index is 12.7. The van der Waals surface area contributed by atoms with Crippen LogP contribution in [-0.2, 0) is 9.47 Å². The van der Waals surface area contributed by atoms with Crippen molar-refractivity contribution >= 4 is 23.1 Å². The molecule has 0 saturated heterocycles. The highest BCUT2D eigenvalue weighted by atomic mass is 16.7. The van der Waals surface area contributed by atoms with E-state index < -0.39 is 12.3 Å². The molecule has 7 nitrogen and oxygen atoms in total. The average molecular weight is 565 g/mol. The van der Waals surface area contributed by atoms with Gasteiger partial charge >= 0.3 is 12.3 Å².